The van der Waals surface area contributed by atoms with E-state index in [0.717, 1.165) is 4.90 Å². The van der Waals surface area contributed by atoms with Gasteiger partial charge in [0.2, 0.25) is 11.8 Å². The summed E-state index contributed by atoms with van der Waals surface area (Å²) in [6.45, 7) is 5.78. The van der Waals surface area contributed by atoms with Gasteiger partial charge in [0.25, 0.3) is 5.91 Å². The van der Waals surface area contributed by atoms with Crippen molar-refractivity contribution in [1.29, 1.82) is 0 Å². The third-order valence-electron chi connectivity index (χ3n) is 6.63. The van der Waals surface area contributed by atoms with Crippen LogP contribution in [0.25, 0.3) is 0 Å². The van der Waals surface area contributed by atoms with E-state index in [4.69, 9.17) is 10.2 Å². The molecule has 190 valence electrons. The maximum Gasteiger partial charge on any atom is 0.255 e. The monoisotopic (exact) mass is 498 g/mol. The normalized spacial score (nSPS) is 29.0. The minimum Gasteiger partial charge on any atom is -0.381 e. The molecule has 0 aromatic heterocycles. The first-order chi connectivity index (χ1) is 18.8. The van der Waals surface area contributed by atoms with Crippen molar-refractivity contribution in [2.24, 2.45) is 0 Å². The van der Waals surface area contributed by atoms with Crippen molar-refractivity contribution in [2.45, 2.75) is 64.5 Å². The lowest BCUT2D eigenvalue weighted by atomic mass is 10.0. The topological polar surface area (TPSA) is 91.0 Å². The van der Waals surface area contributed by atoms with Crippen LogP contribution in [0.3, 0.4) is 0 Å². The zero-order chi connectivity index (χ0) is 29.0. The molecule has 0 aliphatic carbocycles. The zero-order valence-corrected chi connectivity index (χ0v) is 20.1. The average molecular weight is 499 g/mol. The summed E-state index contributed by atoms with van der Waals surface area (Å²) < 4.78 is 53.6. The van der Waals surface area contributed by atoms with Crippen LogP contribution in [0.2, 0.25) is 0 Å². The Hall–Kier alpha value is -3.30. The lowest BCUT2D eigenvalue weighted by Crippen LogP contribution is -2.52. The molecule has 0 spiro atoms. The predicted molar refractivity (Wildman–Crippen MR) is 131 cm³/mol. The molecule has 0 radical (unpaired) electrons. The number of halogens is 1. The minimum absolute atomic E-state index is 0.0631. The summed E-state index contributed by atoms with van der Waals surface area (Å²) >= 11 is 0. The van der Waals surface area contributed by atoms with E-state index in [2.05, 4.69) is 10.2 Å². The van der Waals surface area contributed by atoms with Crippen molar-refractivity contribution < 1.29 is 29.0 Å². The van der Waals surface area contributed by atoms with Crippen LogP contribution < -0.4 is 10.6 Å². The quantitative estimate of drug-likeness (QED) is 0.596. The van der Waals surface area contributed by atoms with E-state index in [1.165, 1.54) is 6.07 Å². The Bertz CT molecular complexity index is 1360. The number of anilines is 1. The highest BCUT2D eigenvalue weighted by Crippen LogP contribution is 2.32. The fourth-order valence-corrected chi connectivity index (χ4v) is 5.10. The largest absolute Gasteiger partial charge is 0.381 e. The van der Waals surface area contributed by atoms with Gasteiger partial charge in [0.05, 0.1) is 12.2 Å². The van der Waals surface area contributed by atoms with Crippen LogP contribution in [0.15, 0.2) is 36.4 Å². The van der Waals surface area contributed by atoms with E-state index in [1.54, 1.807) is 30.3 Å². The third-order valence-corrected chi connectivity index (χ3v) is 6.63. The number of benzene rings is 2. The second-order valence-corrected chi connectivity index (χ2v) is 9.45. The van der Waals surface area contributed by atoms with Crippen molar-refractivity contribution >= 4 is 23.4 Å². The van der Waals surface area contributed by atoms with Crippen molar-refractivity contribution in [3.8, 4) is 0 Å². The van der Waals surface area contributed by atoms with Gasteiger partial charge in [0.15, 0.2) is 0 Å². The molecule has 5 rings (SSSR count). The van der Waals surface area contributed by atoms with Gasteiger partial charge in [0, 0.05) is 72.5 Å². The molecule has 2 saturated heterocycles. The number of morpholine rings is 1. The van der Waals surface area contributed by atoms with Crippen LogP contribution in [0.1, 0.15) is 59.1 Å². The molecule has 3 heterocycles. The van der Waals surface area contributed by atoms with Gasteiger partial charge in [-0.2, -0.15) is 0 Å². The summed E-state index contributed by atoms with van der Waals surface area (Å²) in [5.74, 6) is -3.45. The Labute approximate surface area is 215 Å². The molecule has 3 aliphatic rings. The molecule has 3 atom stereocenters. The molecule has 8 nitrogen and oxygen atoms in total. The van der Waals surface area contributed by atoms with Crippen molar-refractivity contribution in [2.75, 3.05) is 18.4 Å². The Kier molecular flexibility index (Phi) is 5.50. The standard InChI is InChI=1S/C27H31FN4O4/c1-16-12-31(13-17(2)36-16)14-19-6-3-5-18(25(19)28)11-29-22-8-4-7-20-21(22)15-32(27(20)35)23-9-10-24(33)30-26(23)34/h3-8,16-17,23,29H,9-15H2,1-2H3,(H,30,33,34)/i9D2,10D2. The van der Waals surface area contributed by atoms with Gasteiger partial charge in [0.1, 0.15) is 11.9 Å². The number of ether oxygens (including phenoxy) is 1. The number of carbonyl (C=O) groups is 3. The van der Waals surface area contributed by atoms with E-state index >= 15 is 4.39 Å². The maximum absolute atomic E-state index is 15.5. The van der Waals surface area contributed by atoms with Crippen molar-refractivity contribution in [1.82, 2.24) is 15.1 Å². The molecule has 2 fully saturated rings. The molecule has 36 heavy (non-hydrogen) atoms. The lowest BCUT2D eigenvalue weighted by Gasteiger charge is -2.35. The molecule has 0 bridgehead atoms. The van der Waals surface area contributed by atoms with E-state index < -0.39 is 36.5 Å². The second-order valence-electron chi connectivity index (χ2n) is 9.45. The molecular weight excluding hydrogens is 463 g/mol. The van der Waals surface area contributed by atoms with E-state index in [0.29, 0.717) is 42.0 Å². The summed E-state index contributed by atoms with van der Waals surface area (Å²) in [4.78, 5) is 41.0. The van der Waals surface area contributed by atoms with Gasteiger partial charge in [-0.15, -0.1) is 0 Å². The molecule has 3 unspecified atom stereocenters. The summed E-state index contributed by atoms with van der Waals surface area (Å²) in [5, 5.41) is 5.02. The predicted octanol–water partition coefficient (Wildman–Crippen LogP) is 2.81. The van der Waals surface area contributed by atoms with E-state index in [-0.39, 0.29) is 36.7 Å². The number of nitrogens with zero attached hydrogens (tertiary/aromatic N) is 2. The number of piperidine rings is 1. The summed E-state index contributed by atoms with van der Waals surface area (Å²) in [5.41, 5.74) is 2.19. The van der Waals surface area contributed by atoms with Crippen LogP contribution in [0, 0.1) is 5.82 Å². The summed E-state index contributed by atoms with van der Waals surface area (Å²) in [6.07, 6.45) is -5.86. The summed E-state index contributed by atoms with van der Waals surface area (Å²) in [7, 11) is 0. The Morgan fingerprint density at radius 1 is 1.11 bits per heavy atom. The number of rotatable bonds is 6. The number of imide groups is 1. The SMILES string of the molecule is [2H]C1([2H])C(=O)NC(=O)C(N2Cc3c(NCc4cccc(CN5CC(C)OC(C)C5)c4F)cccc3C2=O)C1([2H])[2H]. The molecule has 9 heteroatoms. The number of hydrogen-bond donors (Lipinski definition) is 2. The number of amides is 3. The number of hydrogen-bond acceptors (Lipinski definition) is 6. The van der Waals surface area contributed by atoms with Crippen LogP contribution in [0.5, 0.6) is 0 Å². The van der Waals surface area contributed by atoms with Crippen LogP contribution >= 0.6 is 0 Å². The van der Waals surface area contributed by atoms with Crippen LogP contribution in [-0.4, -0.2) is 58.9 Å². The van der Waals surface area contributed by atoms with Crippen LogP contribution in [-0.2, 0) is 34.0 Å². The smallest absolute Gasteiger partial charge is 0.255 e. The van der Waals surface area contributed by atoms with Gasteiger partial charge in [-0.05, 0) is 32.4 Å². The number of carbonyl (C=O) groups excluding carboxylic acids is 3. The minimum atomic E-state index is -3.03. The molecular formula is C27H31FN4O4. The van der Waals surface area contributed by atoms with Crippen LogP contribution in [0.4, 0.5) is 10.1 Å². The van der Waals surface area contributed by atoms with Gasteiger partial charge < -0.3 is 15.0 Å². The van der Waals surface area contributed by atoms with Gasteiger partial charge in [-0.1, -0.05) is 24.3 Å². The molecule has 3 aliphatic heterocycles. The van der Waals surface area contributed by atoms with Crippen molar-refractivity contribution in [3.05, 3.63) is 64.5 Å². The Balaban J connectivity index is 1.34. The molecule has 3 amide bonds. The highest BCUT2D eigenvalue weighted by Gasteiger charge is 2.39. The third kappa shape index (κ3) is 4.85. The Morgan fingerprint density at radius 3 is 2.61 bits per heavy atom. The van der Waals surface area contributed by atoms with Gasteiger partial charge in [-0.3, -0.25) is 24.6 Å². The maximum atomic E-state index is 15.5. The molecule has 2 aromatic rings. The molecule has 2 aromatic carbocycles. The first-order valence-corrected chi connectivity index (χ1v) is 12.0. The van der Waals surface area contributed by atoms with Crippen molar-refractivity contribution in [3.63, 3.8) is 0 Å². The summed E-state index contributed by atoms with van der Waals surface area (Å²) in [6, 6.07) is 8.23. The number of fused-ring (bicyclic) bond motifs is 1. The molecule has 0 saturated carbocycles. The van der Waals surface area contributed by atoms with Gasteiger partial charge in [-0.25, -0.2) is 4.39 Å². The Morgan fingerprint density at radius 2 is 1.83 bits per heavy atom. The highest BCUT2D eigenvalue weighted by molar-refractivity contribution is 6.06. The number of nitrogens with one attached hydrogen (secondary N) is 2. The highest BCUT2D eigenvalue weighted by atomic mass is 19.1. The molecule has 2 N–H and O–H groups in total. The zero-order valence-electron chi connectivity index (χ0n) is 24.1. The lowest BCUT2D eigenvalue weighted by molar-refractivity contribution is -0.136. The fourth-order valence-electron chi connectivity index (χ4n) is 5.10. The second kappa shape index (κ2) is 9.99. The fraction of sp³-hybridized carbons (Fsp3) is 0.444. The van der Waals surface area contributed by atoms with E-state index in [1.807, 2.05) is 19.2 Å². The first kappa shape index (κ1) is 19.8. The average Bonchev–Trinajstić information content (AvgIpc) is 3.19. The van der Waals surface area contributed by atoms with Gasteiger partial charge >= 0.3 is 0 Å². The van der Waals surface area contributed by atoms with E-state index in [9.17, 15) is 14.4 Å². The first-order valence-electron chi connectivity index (χ1n) is 14.0.